The standard InChI is InChI=1S/C28H38N8O/c1-19-9-11-20(12-10-19)24-23(25(29)30-4)26(31-5)36(34-24)28(2,3)18-33-27(37)22-17-21(13-14-32-22)35-15-7-6-8-16-35/h9-14,17,31H,6-8,15-16,18H2,1-5H3,(H2,29,30)(H,33,37). The van der Waals surface area contributed by atoms with Crippen LogP contribution < -0.4 is 21.3 Å². The number of anilines is 2. The maximum atomic E-state index is 13.1. The van der Waals surface area contributed by atoms with E-state index in [0.29, 0.717) is 18.1 Å². The number of aliphatic imine (C=N–C) groups is 1. The van der Waals surface area contributed by atoms with Crippen molar-refractivity contribution in [3.8, 4) is 11.3 Å². The van der Waals surface area contributed by atoms with Crippen molar-refractivity contribution in [2.75, 3.05) is 43.9 Å². The van der Waals surface area contributed by atoms with E-state index in [9.17, 15) is 4.79 Å². The topological polar surface area (TPSA) is 113 Å². The predicted octanol–water partition coefficient (Wildman–Crippen LogP) is 3.79. The number of carbonyl (C=O) groups excluding carboxylic acids is 1. The number of hydrogen-bond acceptors (Lipinski definition) is 6. The Morgan fingerprint density at radius 1 is 1.14 bits per heavy atom. The number of nitrogens with zero attached hydrogens (tertiary/aromatic N) is 5. The minimum absolute atomic E-state index is 0.210. The van der Waals surface area contributed by atoms with E-state index in [1.807, 2.05) is 68.9 Å². The van der Waals surface area contributed by atoms with E-state index in [4.69, 9.17) is 10.8 Å². The van der Waals surface area contributed by atoms with Crippen LogP contribution in [-0.4, -0.2) is 60.2 Å². The number of aromatic nitrogens is 3. The fraction of sp³-hybridized carbons (Fsp3) is 0.429. The Labute approximate surface area is 219 Å². The summed E-state index contributed by atoms with van der Waals surface area (Å²) in [6.45, 7) is 8.47. The summed E-state index contributed by atoms with van der Waals surface area (Å²) >= 11 is 0. The number of nitrogens with one attached hydrogen (secondary N) is 2. The largest absolute Gasteiger partial charge is 0.383 e. The number of nitrogens with two attached hydrogens (primary N) is 1. The molecule has 37 heavy (non-hydrogen) atoms. The van der Waals surface area contributed by atoms with Crippen LogP contribution in [0.25, 0.3) is 11.3 Å². The monoisotopic (exact) mass is 502 g/mol. The molecule has 1 amide bonds. The number of benzene rings is 1. The molecule has 9 heteroatoms. The van der Waals surface area contributed by atoms with E-state index in [1.165, 1.54) is 19.3 Å². The van der Waals surface area contributed by atoms with Crippen molar-refractivity contribution in [2.45, 2.75) is 45.6 Å². The first-order valence-electron chi connectivity index (χ1n) is 12.9. The zero-order valence-electron chi connectivity index (χ0n) is 22.5. The minimum Gasteiger partial charge on any atom is -0.383 e. The molecule has 1 aliphatic rings. The number of carbonyl (C=O) groups is 1. The average molecular weight is 503 g/mol. The highest BCUT2D eigenvalue weighted by molar-refractivity contribution is 6.07. The van der Waals surface area contributed by atoms with E-state index < -0.39 is 5.54 Å². The van der Waals surface area contributed by atoms with Crippen molar-refractivity contribution in [1.29, 1.82) is 0 Å². The van der Waals surface area contributed by atoms with E-state index in [-0.39, 0.29) is 5.91 Å². The van der Waals surface area contributed by atoms with Gasteiger partial charge in [0, 0.05) is 51.2 Å². The third kappa shape index (κ3) is 5.60. The van der Waals surface area contributed by atoms with Gasteiger partial charge >= 0.3 is 0 Å². The Balaban J connectivity index is 1.60. The highest BCUT2D eigenvalue weighted by Gasteiger charge is 2.31. The molecule has 3 aromatic rings. The van der Waals surface area contributed by atoms with Crippen LogP contribution in [0.5, 0.6) is 0 Å². The molecule has 9 nitrogen and oxygen atoms in total. The first-order chi connectivity index (χ1) is 17.7. The van der Waals surface area contributed by atoms with Crippen molar-refractivity contribution < 1.29 is 4.79 Å². The van der Waals surface area contributed by atoms with E-state index in [0.717, 1.165) is 47.0 Å². The third-order valence-electron chi connectivity index (χ3n) is 6.90. The Kier molecular flexibility index (Phi) is 7.80. The van der Waals surface area contributed by atoms with Crippen molar-refractivity contribution in [1.82, 2.24) is 20.1 Å². The molecule has 1 fully saturated rings. The molecule has 0 spiro atoms. The normalized spacial score (nSPS) is 14.5. The van der Waals surface area contributed by atoms with Gasteiger partial charge < -0.3 is 21.3 Å². The molecule has 0 unspecified atom stereocenters. The highest BCUT2D eigenvalue weighted by Crippen LogP contribution is 2.33. The SMILES string of the molecule is CN=C(N)c1c(-c2ccc(C)cc2)nn(C(C)(C)CNC(=O)c2cc(N3CCCCC3)ccn2)c1NC. The zero-order chi connectivity index (χ0) is 26.6. The zero-order valence-corrected chi connectivity index (χ0v) is 22.5. The maximum absolute atomic E-state index is 13.1. The Morgan fingerprint density at radius 2 is 1.84 bits per heavy atom. The van der Waals surface area contributed by atoms with Gasteiger partial charge in [-0.1, -0.05) is 29.8 Å². The van der Waals surface area contributed by atoms with Gasteiger partial charge in [-0.05, 0) is 52.2 Å². The van der Waals surface area contributed by atoms with Crippen LogP contribution in [0.3, 0.4) is 0 Å². The summed E-state index contributed by atoms with van der Waals surface area (Å²) in [5.74, 6) is 0.923. The molecule has 2 aromatic heterocycles. The number of hydrogen-bond donors (Lipinski definition) is 3. The molecule has 1 aliphatic heterocycles. The molecular formula is C28H38N8O. The molecule has 3 heterocycles. The third-order valence-corrected chi connectivity index (χ3v) is 6.90. The molecule has 4 N–H and O–H groups in total. The van der Waals surface area contributed by atoms with Gasteiger partial charge in [0.15, 0.2) is 0 Å². The molecule has 196 valence electrons. The number of pyridine rings is 1. The van der Waals surface area contributed by atoms with Crippen molar-refractivity contribution in [2.24, 2.45) is 10.7 Å². The molecular weight excluding hydrogens is 464 g/mol. The maximum Gasteiger partial charge on any atom is 0.270 e. The summed E-state index contributed by atoms with van der Waals surface area (Å²) in [6.07, 6.45) is 5.32. The second kappa shape index (κ2) is 11.0. The number of amides is 1. The Bertz CT molecular complexity index is 1270. The lowest BCUT2D eigenvalue weighted by Gasteiger charge is -2.29. The number of amidine groups is 1. The second-order valence-corrected chi connectivity index (χ2v) is 10.2. The quantitative estimate of drug-likeness (QED) is 0.319. The van der Waals surface area contributed by atoms with Crippen molar-refractivity contribution >= 4 is 23.2 Å². The first kappa shape index (κ1) is 26.2. The second-order valence-electron chi connectivity index (χ2n) is 10.2. The van der Waals surface area contributed by atoms with Crippen molar-refractivity contribution in [3.63, 3.8) is 0 Å². The molecule has 1 aromatic carbocycles. The average Bonchev–Trinajstić information content (AvgIpc) is 3.33. The van der Waals surface area contributed by atoms with Gasteiger partial charge in [-0.15, -0.1) is 0 Å². The summed E-state index contributed by atoms with van der Waals surface area (Å²) in [4.78, 5) is 24.0. The summed E-state index contributed by atoms with van der Waals surface area (Å²) < 4.78 is 1.88. The van der Waals surface area contributed by atoms with E-state index in [1.54, 1.807) is 13.2 Å². The van der Waals surface area contributed by atoms with Gasteiger partial charge in [0.05, 0.1) is 11.1 Å². The van der Waals surface area contributed by atoms with Gasteiger partial charge in [0.25, 0.3) is 5.91 Å². The summed E-state index contributed by atoms with van der Waals surface area (Å²) in [5, 5.41) is 11.3. The Hall–Kier alpha value is -3.88. The van der Waals surface area contributed by atoms with Crippen LogP contribution in [0.4, 0.5) is 11.5 Å². The first-order valence-corrected chi connectivity index (χ1v) is 12.9. The van der Waals surface area contributed by atoms with Gasteiger partial charge in [-0.3, -0.25) is 14.8 Å². The number of rotatable bonds is 8. The predicted molar refractivity (Wildman–Crippen MR) is 151 cm³/mol. The number of piperidine rings is 1. The summed E-state index contributed by atoms with van der Waals surface area (Å²) in [6, 6.07) is 12.0. The van der Waals surface area contributed by atoms with E-state index in [2.05, 4.69) is 25.5 Å². The lowest BCUT2D eigenvalue weighted by Crippen LogP contribution is -2.42. The smallest absolute Gasteiger partial charge is 0.270 e. The lowest BCUT2D eigenvalue weighted by atomic mass is 10.0. The summed E-state index contributed by atoms with van der Waals surface area (Å²) in [5.41, 5.74) is 10.8. The highest BCUT2D eigenvalue weighted by atomic mass is 16.1. The van der Waals surface area contributed by atoms with Crippen LogP contribution in [0.15, 0.2) is 47.6 Å². The van der Waals surface area contributed by atoms with Crippen molar-refractivity contribution in [3.05, 3.63) is 59.4 Å². The molecule has 0 bridgehead atoms. The van der Waals surface area contributed by atoms with Crippen LogP contribution in [-0.2, 0) is 5.54 Å². The fourth-order valence-corrected chi connectivity index (χ4v) is 4.71. The van der Waals surface area contributed by atoms with Gasteiger partial charge in [0.1, 0.15) is 23.0 Å². The van der Waals surface area contributed by atoms with Gasteiger partial charge in [0.2, 0.25) is 0 Å². The van der Waals surface area contributed by atoms with Gasteiger partial charge in [-0.2, -0.15) is 5.10 Å². The molecule has 0 radical (unpaired) electrons. The Morgan fingerprint density at radius 3 is 2.49 bits per heavy atom. The lowest BCUT2D eigenvalue weighted by molar-refractivity contribution is 0.0931. The van der Waals surface area contributed by atoms with Gasteiger partial charge in [-0.25, -0.2) is 4.68 Å². The number of aryl methyl sites for hydroxylation is 1. The molecule has 0 atom stereocenters. The van der Waals surface area contributed by atoms with Crippen LogP contribution in [0, 0.1) is 6.92 Å². The van der Waals surface area contributed by atoms with Crippen LogP contribution >= 0.6 is 0 Å². The van der Waals surface area contributed by atoms with E-state index >= 15 is 0 Å². The minimum atomic E-state index is -0.579. The molecule has 4 rings (SSSR count). The van der Waals surface area contributed by atoms with Crippen LogP contribution in [0.1, 0.15) is 54.7 Å². The fourth-order valence-electron chi connectivity index (χ4n) is 4.71. The van der Waals surface area contributed by atoms with Crippen LogP contribution in [0.2, 0.25) is 0 Å². The summed E-state index contributed by atoms with van der Waals surface area (Å²) in [7, 11) is 3.50. The molecule has 0 saturated carbocycles. The molecule has 1 saturated heterocycles. The molecule has 0 aliphatic carbocycles.